The van der Waals surface area contributed by atoms with Crippen molar-refractivity contribution in [1.82, 2.24) is 10.6 Å². The van der Waals surface area contributed by atoms with Gasteiger partial charge >= 0.3 is 0 Å². The summed E-state index contributed by atoms with van der Waals surface area (Å²) in [5.74, 6) is -2.24. The Kier molecular flexibility index (Phi) is 5.83. The van der Waals surface area contributed by atoms with E-state index in [0.29, 0.717) is 0 Å². The van der Waals surface area contributed by atoms with Crippen LogP contribution in [-0.4, -0.2) is 23.8 Å². The Balaban J connectivity index is 0. The predicted octanol–water partition coefficient (Wildman–Crippen LogP) is 1.88. The van der Waals surface area contributed by atoms with Crippen LogP contribution in [0.3, 0.4) is 0 Å². The molecule has 0 radical (unpaired) electrons. The van der Waals surface area contributed by atoms with Crippen molar-refractivity contribution in [3.05, 3.63) is 35.6 Å². The van der Waals surface area contributed by atoms with E-state index < -0.39 is 23.7 Å². The molecule has 2 N–H and O–H groups in total. The van der Waals surface area contributed by atoms with Crippen LogP contribution in [0.4, 0.5) is 4.39 Å². The third kappa shape index (κ3) is 3.88. The molecule has 0 aromatic heterocycles. The van der Waals surface area contributed by atoms with Crippen molar-refractivity contribution in [3.8, 4) is 0 Å². The number of benzene rings is 1. The molecule has 3 amide bonds. The Morgan fingerprint density at radius 1 is 1.35 bits per heavy atom. The average molecular weight is 284 g/mol. The van der Waals surface area contributed by atoms with Crippen LogP contribution in [0.25, 0.3) is 0 Å². The second-order valence-corrected chi connectivity index (χ2v) is 3.96. The van der Waals surface area contributed by atoms with E-state index in [9.17, 15) is 18.8 Å². The molecule has 1 saturated heterocycles. The summed E-state index contributed by atoms with van der Waals surface area (Å²) in [6, 6.07) is 4.70. The molecule has 1 aromatic carbocycles. The highest BCUT2D eigenvalue weighted by atomic mass is 19.1. The van der Waals surface area contributed by atoms with Crippen LogP contribution in [0.15, 0.2) is 24.3 Å². The molecular formula is C14H21FN2O3. The molecule has 1 fully saturated rings. The van der Waals surface area contributed by atoms with Gasteiger partial charge in [-0.3, -0.25) is 19.7 Å². The summed E-state index contributed by atoms with van der Waals surface area (Å²) in [4.78, 5) is 34.1. The molecule has 112 valence electrons. The number of hydrogen-bond donors (Lipinski definition) is 2. The Morgan fingerprint density at radius 2 is 2.00 bits per heavy atom. The standard InChI is InChI=1S/C12H11FN2O3.C2H6.2H2/c13-8-4-2-1-3-7(8)11(17)14-9-5-6-10(16)15-12(9)18;1-2;;/h1-4,9H,5-6H2,(H,14,17)(H,15,16,18);1-2H3;2*1H. The summed E-state index contributed by atoms with van der Waals surface area (Å²) < 4.78 is 13.3. The van der Waals surface area contributed by atoms with Gasteiger partial charge in [0.05, 0.1) is 5.56 Å². The highest BCUT2D eigenvalue weighted by molar-refractivity contribution is 6.03. The Labute approximate surface area is 119 Å². The maximum Gasteiger partial charge on any atom is 0.254 e. The molecule has 2 rings (SSSR count). The number of imide groups is 1. The van der Waals surface area contributed by atoms with Crippen LogP contribution >= 0.6 is 0 Å². The highest BCUT2D eigenvalue weighted by Crippen LogP contribution is 2.09. The first-order chi connectivity index (χ1) is 9.58. The SMILES string of the molecule is CC.O=C1CCC(NC(=O)c2ccccc2F)C(=O)N1.[HH].[HH]. The van der Waals surface area contributed by atoms with Gasteiger partial charge in [0.25, 0.3) is 5.91 Å². The van der Waals surface area contributed by atoms with Crippen molar-refractivity contribution in [2.45, 2.75) is 32.7 Å². The number of carbonyl (C=O) groups excluding carboxylic acids is 3. The van der Waals surface area contributed by atoms with E-state index in [4.69, 9.17) is 0 Å². The van der Waals surface area contributed by atoms with E-state index in [-0.39, 0.29) is 27.2 Å². The fraction of sp³-hybridized carbons (Fsp3) is 0.357. The molecule has 6 heteroatoms. The summed E-state index contributed by atoms with van der Waals surface area (Å²) in [7, 11) is 0. The quantitative estimate of drug-likeness (QED) is 0.814. The molecule has 1 heterocycles. The zero-order valence-corrected chi connectivity index (χ0v) is 11.4. The molecule has 1 aliphatic heterocycles. The molecule has 5 nitrogen and oxygen atoms in total. The van der Waals surface area contributed by atoms with Crippen molar-refractivity contribution in [2.24, 2.45) is 0 Å². The number of halogens is 1. The van der Waals surface area contributed by atoms with Crippen LogP contribution < -0.4 is 10.6 Å². The second-order valence-electron chi connectivity index (χ2n) is 3.96. The van der Waals surface area contributed by atoms with Gasteiger partial charge in [-0.1, -0.05) is 26.0 Å². The number of carbonyl (C=O) groups is 3. The molecule has 0 spiro atoms. The fourth-order valence-corrected chi connectivity index (χ4v) is 1.71. The summed E-state index contributed by atoms with van der Waals surface area (Å²) >= 11 is 0. The van der Waals surface area contributed by atoms with E-state index in [1.807, 2.05) is 13.8 Å². The average Bonchev–Trinajstić information content (AvgIpc) is 2.44. The lowest BCUT2D eigenvalue weighted by Crippen LogP contribution is -2.52. The lowest BCUT2D eigenvalue weighted by atomic mass is 10.1. The minimum absolute atomic E-state index is 0. The van der Waals surface area contributed by atoms with Crippen molar-refractivity contribution >= 4 is 17.7 Å². The predicted molar refractivity (Wildman–Crippen MR) is 75.6 cm³/mol. The van der Waals surface area contributed by atoms with Crippen LogP contribution in [0.1, 0.15) is 39.9 Å². The first-order valence-electron chi connectivity index (χ1n) is 6.47. The number of piperidine rings is 1. The van der Waals surface area contributed by atoms with E-state index in [0.717, 1.165) is 0 Å². The van der Waals surface area contributed by atoms with Gasteiger partial charge in [0.2, 0.25) is 11.8 Å². The smallest absolute Gasteiger partial charge is 0.254 e. The first kappa shape index (κ1) is 15.8. The number of nitrogens with one attached hydrogen (secondary N) is 2. The Bertz CT molecular complexity index is 527. The summed E-state index contributed by atoms with van der Waals surface area (Å²) in [6.07, 6.45) is 0.388. The maximum atomic E-state index is 13.3. The minimum Gasteiger partial charge on any atom is -0.340 e. The molecule has 1 aliphatic rings. The molecule has 1 aromatic rings. The van der Waals surface area contributed by atoms with Crippen molar-refractivity contribution in [2.75, 3.05) is 0 Å². The molecule has 20 heavy (non-hydrogen) atoms. The van der Waals surface area contributed by atoms with Crippen LogP contribution in [-0.2, 0) is 9.59 Å². The normalized spacial score (nSPS) is 17.6. The molecule has 0 bridgehead atoms. The van der Waals surface area contributed by atoms with E-state index in [1.54, 1.807) is 0 Å². The van der Waals surface area contributed by atoms with Gasteiger partial charge in [-0.2, -0.15) is 0 Å². The van der Waals surface area contributed by atoms with E-state index in [2.05, 4.69) is 10.6 Å². The van der Waals surface area contributed by atoms with Gasteiger partial charge < -0.3 is 5.32 Å². The lowest BCUT2D eigenvalue weighted by molar-refractivity contribution is -0.134. The number of amides is 3. The van der Waals surface area contributed by atoms with Gasteiger partial charge in [-0.05, 0) is 18.6 Å². The zero-order valence-electron chi connectivity index (χ0n) is 11.4. The van der Waals surface area contributed by atoms with Crippen molar-refractivity contribution < 1.29 is 21.6 Å². The molecular weight excluding hydrogens is 263 g/mol. The molecule has 1 atom stereocenters. The second kappa shape index (κ2) is 7.37. The monoisotopic (exact) mass is 284 g/mol. The van der Waals surface area contributed by atoms with Crippen LogP contribution in [0.2, 0.25) is 0 Å². The van der Waals surface area contributed by atoms with Crippen LogP contribution in [0, 0.1) is 5.82 Å². The number of rotatable bonds is 2. The zero-order chi connectivity index (χ0) is 15.1. The van der Waals surface area contributed by atoms with E-state index in [1.165, 1.54) is 24.3 Å². The van der Waals surface area contributed by atoms with E-state index >= 15 is 0 Å². The summed E-state index contributed by atoms with van der Waals surface area (Å²) in [5, 5.41) is 4.52. The van der Waals surface area contributed by atoms with Gasteiger partial charge in [-0.15, -0.1) is 0 Å². The van der Waals surface area contributed by atoms with Crippen molar-refractivity contribution in [1.29, 1.82) is 0 Å². The Morgan fingerprint density at radius 3 is 2.60 bits per heavy atom. The van der Waals surface area contributed by atoms with Crippen molar-refractivity contribution in [3.63, 3.8) is 0 Å². The summed E-state index contributed by atoms with van der Waals surface area (Å²) in [6.45, 7) is 4.00. The van der Waals surface area contributed by atoms with Gasteiger partial charge in [0.1, 0.15) is 11.9 Å². The summed E-state index contributed by atoms with van der Waals surface area (Å²) in [5.41, 5.74) is -0.123. The van der Waals surface area contributed by atoms with Gasteiger partial charge in [0.15, 0.2) is 0 Å². The largest absolute Gasteiger partial charge is 0.340 e. The number of hydrogen-bond acceptors (Lipinski definition) is 3. The lowest BCUT2D eigenvalue weighted by Gasteiger charge is -2.21. The topological polar surface area (TPSA) is 75.3 Å². The van der Waals surface area contributed by atoms with Gasteiger partial charge in [0, 0.05) is 9.27 Å². The van der Waals surface area contributed by atoms with Crippen LogP contribution in [0.5, 0.6) is 0 Å². The Hall–Kier alpha value is -2.24. The van der Waals surface area contributed by atoms with Gasteiger partial charge in [-0.25, -0.2) is 4.39 Å². The third-order valence-electron chi connectivity index (χ3n) is 2.66. The fourth-order valence-electron chi connectivity index (χ4n) is 1.71. The first-order valence-corrected chi connectivity index (χ1v) is 6.47. The third-order valence-corrected chi connectivity index (χ3v) is 2.66. The minimum atomic E-state index is -0.796. The molecule has 0 saturated carbocycles. The molecule has 1 unspecified atom stereocenters. The maximum absolute atomic E-state index is 13.3. The molecule has 0 aliphatic carbocycles. The highest BCUT2D eigenvalue weighted by Gasteiger charge is 2.28.